The van der Waals surface area contributed by atoms with Gasteiger partial charge in [-0.25, -0.2) is 4.39 Å². The van der Waals surface area contributed by atoms with Crippen molar-refractivity contribution in [1.82, 2.24) is 9.78 Å². The SMILES string of the molecule is O=C(Cn1cccn1)Nc1ccc(F)cc1C#CCO. The Morgan fingerprint density at radius 1 is 1.50 bits per heavy atom. The summed E-state index contributed by atoms with van der Waals surface area (Å²) in [7, 11) is 0. The largest absolute Gasteiger partial charge is 0.384 e. The predicted molar refractivity (Wildman–Crippen MR) is 71.2 cm³/mol. The van der Waals surface area contributed by atoms with Gasteiger partial charge in [-0.05, 0) is 24.3 Å². The lowest BCUT2D eigenvalue weighted by Gasteiger charge is -2.07. The van der Waals surface area contributed by atoms with Crippen molar-refractivity contribution in [2.45, 2.75) is 6.54 Å². The highest BCUT2D eigenvalue weighted by molar-refractivity contribution is 5.92. The standard InChI is InChI=1S/C14H12FN3O2/c15-12-4-5-13(11(9-12)3-1-8-19)17-14(20)10-18-7-2-6-16-18/h2,4-7,9,19H,8,10H2,(H,17,20). The zero-order valence-corrected chi connectivity index (χ0v) is 10.5. The summed E-state index contributed by atoms with van der Waals surface area (Å²) in [6, 6.07) is 5.57. The molecule has 5 nitrogen and oxygen atoms in total. The maximum absolute atomic E-state index is 13.2. The molecule has 0 aliphatic rings. The second-order valence-electron chi connectivity index (χ2n) is 3.90. The van der Waals surface area contributed by atoms with E-state index < -0.39 is 5.82 Å². The first-order valence-corrected chi connectivity index (χ1v) is 5.85. The highest BCUT2D eigenvalue weighted by atomic mass is 19.1. The number of hydrogen-bond acceptors (Lipinski definition) is 3. The average molecular weight is 273 g/mol. The number of aliphatic hydroxyl groups excluding tert-OH is 1. The Bertz CT molecular complexity index is 657. The molecule has 6 heteroatoms. The van der Waals surface area contributed by atoms with Crippen molar-refractivity contribution >= 4 is 11.6 Å². The van der Waals surface area contributed by atoms with Crippen LogP contribution in [0.2, 0.25) is 0 Å². The fourth-order valence-electron chi connectivity index (χ4n) is 1.59. The van der Waals surface area contributed by atoms with Crippen LogP contribution in [0, 0.1) is 17.7 Å². The van der Waals surface area contributed by atoms with E-state index in [1.165, 1.54) is 22.9 Å². The highest BCUT2D eigenvalue weighted by Gasteiger charge is 2.07. The van der Waals surface area contributed by atoms with E-state index in [4.69, 9.17) is 5.11 Å². The number of nitrogens with zero attached hydrogens (tertiary/aromatic N) is 2. The number of carbonyl (C=O) groups is 1. The summed E-state index contributed by atoms with van der Waals surface area (Å²) >= 11 is 0. The zero-order chi connectivity index (χ0) is 14.4. The maximum atomic E-state index is 13.2. The Labute approximate surface area is 115 Å². The lowest BCUT2D eigenvalue weighted by atomic mass is 10.1. The monoisotopic (exact) mass is 273 g/mol. The summed E-state index contributed by atoms with van der Waals surface area (Å²) < 4.78 is 14.6. The predicted octanol–water partition coefficient (Wildman–Crippen LogP) is 1.00. The van der Waals surface area contributed by atoms with Gasteiger partial charge in [-0.15, -0.1) is 0 Å². The van der Waals surface area contributed by atoms with E-state index in [2.05, 4.69) is 22.3 Å². The Hall–Kier alpha value is -2.65. The minimum absolute atomic E-state index is 0.0528. The van der Waals surface area contributed by atoms with E-state index in [0.29, 0.717) is 11.3 Å². The van der Waals surface area contributed by atoms with Gasteiger partial charge in [0.25, 0.3) is 0 Å². The molecule has 0 saturated carbocycles. The lowest BCUT2D eigenvalue weighted by Crippen LogP contribution is -2.19. The van der Waals surface area contributed by atoms with Crippen LogP contribution in [0.5, 0.6) is 0 Å². The maximum Gasteiger partial charge on any atom is 0.246 e. The number of aliphatic hydroxyl groups is 1. The minimum atomic E-state index is -0.461. The summed E-state index contributed by atoms with van der Waals surface area (Å²) in [4.78, 5) is 11.8. The molecule has 0 bridgehead atoms. The van der Waals surface area contributed by atoms with Crippen LogP contribution in [0.4, 0.5) is 10.1 Å². The third-order valence-electron chi connectivity index (χ3n) is 2.42. The van der Waals surface area contributed by atoms with Crippen molar-refractivity contribution < 1.29 is 14.3 Å². The molecule has 1 heterocycles. The summed E-state index contributed by atoms with van der Waals surface area (Å²) in [6.07, 6.45) is 3.24. The number of benzene rings is 1. The molecule has 1 aromatic heterocycles. The second kappa shape index (κ2) is 6.50. The number of aromatic nitrogens is 2. The number of anilines is 1. The van der Waals surface area contributed by atoms with Crippen molar-refractivity contribution in [1.29, 1.82) is 0 Å². The number of nitrogens with one attached hydrogen (secondary N) is 1. The molecule has 102 valence electrons. The fourth-order valence-corrected chi connectivity index (χ4v) is 1.59. The lowest BCUT2D eigenvalue weighted by molar-refractivity contribution is -0.116. The van der Waals surface area contributed by atoms with Gasteiger partial charge < -0.3 is 10.4 Å². The van der Waals surface area contributed by atoms with E-state index in [0.717, 1.165) is 0 Å². The Morgan fingerprint density at radius 3 is 3.05 bits per heavy atom. The van der Waals surface area contributed by atoms with E-state index in [9.17, 15) is 9.18 Å². The minimum Gasteiger partial charge on any atom is -0.384 e. The zero-order valence-electron chi connectivity index (χ0n) is 10.5. The first kappa shape index (κ1) is 13.8. The Balaban J connectivity index is 2.14. The molecular weight excluding hydrogens is 261 g/mol. The first-order valence-electron chi connectivity index (χ1n) is 5.85. The van der Waals surface area contributed by atoms with Crippen LogP contribution >= 0.6 is 0 Å². The molecule has 0 aliphatic carbocycles. The van der Waals surface area contributed by atoms with Crippen LogP contribution in [-0.2, 0) is 11.3 Å². The quantitative estimate of drug-likeness (QED) is 0.820. The van der Waals surface area contributed by atoms with Crippen LogP contribution in [0.25, 0.3) is 0 Å². The number of halogens is 1. The molecule has 0 spiro atoms. The molecule has 0 aliphatic heterocycles. The number of rotatable bonds is 3. The molecule has 20 heavy (non-hydrogen) atoms. The molecule has 2 rings (SSSR count). The molecule has 0 unspecified atom stereocenters. The van der Waals surface area contributed by atoms with Crippen LogP contribution < -0.4 is 5.32 Å². The molecular formula is C14H12FN3O2. The number of hydrogen-bond donors (Lipinski definition) is 2. The molecule has 2 N–H and O–H groups in total. The van der Waals surface area contributed by atoms with Crippen molar-refractivity contribution in [2.75, 3.05) is 11.9 Å². The Kier molecular flexibility index (Phi) is 4.47. The van der Waals surface area contributed by atoms with Crippen molar-refractivity contribution in [3.63, 3.8) is 0 Å². The van der Waals surface area contributed by atoms with Gasteiger partial charge in [-0.3, -0.25) is 9.48 Å². The Morgan fingerprint density at radius 2 is 2.35 bits per heavy atom. The normalized spacial score (nSPS) is 9.70. The van der Waals surface area contributed by atoms with Crippen molar-refractivity contribution in [2.24, 2.45) is 0 Å². The topological polar surface area (TPSA) is 67.2 Å². The smallest absolute Gasteiger partial charge is 0.246 e. The van der Waals surface area contributed by atoms with Crippen LogP contribution in [-0.4, -0.2) is 27.4 Å². The second-order valence-corrected chi connectivity index (χ2v) is 3.90. The van der Waals surface area contributed by atoms with E-state index in [1.807, 2.05) is 0 Å². The van der Waals surface area contributed by atoms with Crippen LogP contribution in [0.1, 0.15) is 5.56 Å². The molecule has 0 radical (unpaired) electrons. The van der Waals surface area contributed by atoms with Gasteiger partial charge in [0.2, 0.25) is 5.91 Å². The fraction of sp³-hybridized carbons (Fsp3) is 0.143. The molecule has 0 saturated heterocycles. The summed E-state index contributed by atoms with van der Waals surface area (Å²) in [5.41, 5.74) is 0.706. The average Bonchev–Trinajstić information content (AvgIpc) is 2.91. The highest BCUT2D eigenvalue weighted by Crippen LogP contribution is 2.16. The van der Waals surface area contributed by atoms with Gasteiger partial charge in [0.1, 0.15) is 19.0 Å². The van der Waals surface area contributed by atoms with Crippen molar-refractivity contribution in [3.8, 4) is 11.8 Å². The number of carbonyl (C=O) groups excluding carboxylic acids is 1. The van der Waals surface area contributed by atoms with Gasteiger partial charge in [-0.1, -0.05) is 11.8 Å². The van der Waals surface area contributed by atoms with Crippen molar-refractivity contribution in [3.05, 3.63) is 48.0 Å². The molecule has 1 aromatic carbocycles. The van der Waals surface area contributed by atoms with Gasteiger partial charge in [0.15, 0.2) is 0 Å². The van der Waals surface area contributed by atoms with Crippen LogP contribution in [0.15, 0.2) is 36.7 Å². The third kappa shape index (κ3) is 3.67. The third-order valence-corrected chi connectivity index (χ3v) is 2.42. The summed E-state index contributed by atoms with van der Waals surface area (Å²) in [5, 5.41) is 15.2. The molecule has 2 aromatic rings. The first-order chi connectivity index (χ1) is 9.69. The summed E-state index contributed by atoms with van der Waals surface area (Å²) in [5.74, 6) is 4.25. The molecule has 0 fully saturated rings. The molecule has 0 atom stereocenters. The van der Waals surface area contributed by atoms with E-state index >= 15 is 0 Å². The summed E-state index contributed by atoms with van der Waals surface area (Å²) in [6.45, 7) is -0.283. The van der Waals surface area contributed by atoms with Gasteiger partial charge in [0.05, 0.1) is 11.3 Å². The van der Waals surface area contributed by atoms with Gasteiger partial charge in [0, 0.05) is 12.4 Å². The van der Waals surface area contributed by atoms with E-state index in [-0.39, 0.29) is 19.1 Å². The van der Waals surface area contributed by atoms with Gasteiger partial charge in [-0.2, -0.15) is 5.10 Å². The number of amides is 1. The van der Waals surface area contributed by atoms with Crippen LogP contribution in [0.3, 0.4) is 0 Å². The van der Waals surface area contributed by atoms with E-state index in [1.54, 1.807) is 18.5 Å². The van der Waals surface area contributed by atoms with Gasteiger partial charge >= 0.3 is 0 Å². The molecule has 1 amide bonds.